The summed E-state index contributed by atoms with van der Waals surface area (Å²) in [4.78, 5) is 12.3. The molecule has 1 atom stereocenters. The summed E-state index contributed by atoms with van der Waals surface area (Å²) in [5.74, 6) is 0.0223. The smallest absolute Gasteiger partial charge is 0.252 e. The van der Waals surface area contributed by atoms with Crippen molar-refractivity contribution in [1.29, 1.82) is 0 Å². The molecule has 0 bridgehead atoms. The minimum Gasteiger partial charge on any atom is -0.341 e. The number of fused-ring (bicyclic) bond motifs is 1. The van der Waals surface area contributed by atoms with Gasteiger partial charge in [-0.3, -0.25) is 4.79 Å². The normalized spacial score (nSPS) is 17.6. The van der Waals surface area contributed by atoms with Gasteiger partial charge < -0.3 is 5.32 Å². The van der Waals surface area contributed by atoms with Gasteiger partial charge in [-0.15, -0.1) is 0 Å². The molecule has 3 rings (SSSR count). The third-order valence-electron chi connectivity index (χ3n) is 4.81. The Balaban J connectivity index is 2.17. The summed E-state index contributed by atoms with van der Waals surface area (Å²) in [6, 6.07) is 14.6. The highest BCUT2D eigenvalue weighted by molar-refractivity contribution is 5.99. The number of rotatable bonds is 1. The zero-order valence-corrected chi connectivity index (χ0v) is 15.5. The van der Waals surface area contributed by atoms with Gasteiger partial charge in [-0.05, 0) is 39.2 Å². The molecule has 1 heterocycles. The molecule has 2 aromatic rings. The zero-order valence-electron chi connectivity index (χ0n) is 15.5. The Morgan fingerprint density at radius 3 is 1.92 bits per heavy atom. The fourth-order valence-corrected chi connectivity index (χ4v) is 3.19. The zero-order chi connectivity index (χ0) is 17.7. The molecule has 1 amide bonds. The first kappa shape index (κ1) is 16.8. The van der Waals surface area contributed by atoms with Gasteiger partial charge in [-0.2, -0.15) is 0 Å². The standard InChI is InChI=1S/C22H27NO/c1-21(2,3)15-11-14(12-16(13-15)22(4,5)6)19-17-9-7-8-10-18(17)20(24)23-19/h7-13,19H,1-6H3,(H,23,24). The van der Waals surface area contributed by atoms with Crippen molar-refractivity contribution in [3.8, 4) is 0 Å². The maximum Gasteiger partial charge on any atom is 0.252 e. The lowest BCUT2D eigenvalue weighted by atomic mass is 9.78. The van der Waals surface area contributed by atoms with E-state index in [0.717, 1.165) is 11.1 Å². The minimum atomic E-state index is -0.0582. The number of amides is 1. The second-order valence-electron chi connectivity index (χ2n) is 8.84. The van der Waals surface area contributed by atoms with Crippen molar-refractivity contribution in [3.63, 3.8) is 0 Å². The molecule has 0 fully saturated rings. The maximum atomic E-state index is 12.3. The van der Waals surface area contributed by atoms with Crippen LogP contribution in [0.5, 0.6) is 0 Å². The molecule has 2 aromatic carbocycles. The van der Waals surface area contributed by atoms with Crippen LogP contribution >= 0.6 is 0 Å². The van der Waals surface area contributed by atoms with Gasteiger partial charge in [0.05, 0.1) is 6.04 Å². The van der Waals surface area contributed by atoms with E-state index in [1.54, 1.807) is 0 Å². The van der Waals surface area contributed by atoms with Gasteiger partial charge in [0.1, 0.15) is 0 Å². The predicted molar refractivity (Wildman–Crippen MR) is 99.6 cm³/mol. The summed E-state index contributed by atoms with van der Waals surface area (Å²) in [6.45, 7) is 13.4. The van der Waals surface area contributed by atoms with Crippen LogP contribution in [0.2, 0.25) is 0 Å². The van der Waals surface area contributed by atoms with Gasteiger partial charge in [0.15, 0.2) is 0 Å². The molecule has 1 N–H and O–H groups in total. The average Bonchev–Trinajstić information content (AvgIpc) is 2.83. The van der Waals surface area contributed by atoms with Crippen molar-refractivity contribution in [1.82, 2.24) is 5.32 Å². The van der Waals surface area contributed by atoms with Crippen LogP contribution < -0.4 is 5.32 Å². The lowest BCUT2D eigenvalue weighted by Gasteiger charge is -2.27. The van der Waals surface area contributed by atoms with Crippen LogP contribution in [-0.4, -0.2) is 5.91 Å². The van der Waals surface area contributed by atoms with E-state index in [9.17, 15) is 4.79 Å². The summed E-state index contributed by atoms with van der Waals surface area (Å²) in [6.07, 6.45) is 0. The molecule has 0 spiro atoms. The lowest BCUT2D eigenvalue weighted by molar-refractivity contribution is 0.0960. The Morgan fingerprint density at radius 2 is 1.38 bits per heavy atom. The number of hydrogen-bond acceptors (Lipinski definition) is 1. The van der Waals surface area contributed by atoms with E-state index in [2.05, 4.69) is 71.1 Å². The highest BCUT2D eigenvalue weighted by atomic mass is 16.2. The predicted octanol–water partition coefficient (Wildman–Crippen LogP) is 5.11. The molecule has 0 aromatic heterocycles. The molecule has 0 radical (unpaired) electrons. The molecule has 2 heteroatoms. The van der Waals surface area contributed by atoms with E-state index in [0.29, 0.717) is 0 Å². The van der Waals surface area contributed by atoms with Crippen LogP contribution in [0.3, 0.4) is 0 Å². The van der Waals surface area contributed by atoms with Gasteiger partial charge in [-0.1, -0.05) is 77.9 Å². The van der Waals surface area contributed by atoms with Crippen molar-refractivity contribution >= 4 is 5.91 Å². The van der Waals surface area contributed by atoms with E-state index in [-0.39, 0.29) is 22.8 Å². The topological polar surface area (TPSA) is 29.1 Å². The van der Waals surface area contributed by atoms with E-state index in [4.69, 9.17) is 0 Å². The maximum absolute atomic E-state index is 12.3. The summed E-state index contributed by atoms with van der Waals surface area (Å²) >= 11 is 0. The van der Waals surface area contributed by atoms with Crippen LogP contribution in [0.4, 0.5) is 0 Å². The summed E-state index contributed by atoms with van der Waals surface area (Å²) in [5, 5.41) is 3.15. The highest BCUT2D eigenvalue weighted by Crippen LogP contribution is 2.36. The Morgan fingerprint density at radius 1 is 0.833 bits per heavy atom. The third-order valence-corrected chi connectivity index (χ3v) is 4.81. The van der Waals surface area contributed by atoms with E-state index >= 15 is 0 Å². The van der Waals surface area contributed by atoms with E-state index in [1.165, 1.54) is 16.7 Å². The van der Waals surface area contributed by atoms with Crippen molar-refractivity contribution in [2.75, 3.05) is 0 Å². The van der Waals surface area contributed by atoms with Crippen LogP contribution in [0.15, 0.2) is 42.5 Å². The van der Waals surface area contributed by atoms with Crippen LogP contribution in [0.1, 0.15) is 80.2 Å². The third kappa shape index (κ3) is 2.98. The number of nitrogens with one attached hydrogen (secondary N) is 1. The molecule has 1 aliphatic heterocycles. The average molecular weight is 321 g/mol. The van der Waals surface area contributed by atoms with Gasteiger partial charge in [0.2, 0.25) is 0 Å². The van der Waals surface area contributed by atoms with Gasteiger partial charge >= 0.3 is 0 Å². The summed E-state index contributed by atoms with van der Waals surface area (Å²) < 4.78 is 0. The van der Waals surface area contributed by atoms with Crippen LogP contribution in [0, 0.1) is 0 Å². The molecule has 126 valence electrons. The Labute approximate surface area is 145 Å². The molecule has 0 aliphatic carbocycles. The number of benzene rings is 2. The lowest BCUT2D eigenvalue weighted by Crippen LogP contribution is -2.22. The second-order valence-corrected chi connectivity index (χ2v) is 8.84. The van der Waals surface area contributed by atoms with Gasteiger partial charge in [-0.25, -0.2) is 0 Å². The summed E-state index contributed by atoms with van der Waals surface area (Å²) in [5.41, 5.74) is 5.79. The Hall–Kier alpha value is -2.09. The largest absolute Gasteiger partial charge is 0.341 e. The molecule has 0 saturated carbocycles. The van der Waals surface area contributed by atoms with E-state index in [1.807, 2.05) is 18.2 Å². The molecule has 1 aliphatic rings. The Bertz CT molecular complexity index is 758. The van der Waals surface area contributed by atoms with Gasteiger partial charge in [0.25, 0.3) is 5.91 Å². The fraction of sp³-hybridized carbons (Fsp3) is 0.409. The van der Waals surface area contributed by atoms with Gasteiger partial charge in [0, 0.05) is 5.56 Å². The number of carbonyl (C=O) groups is 1. The van der Waals surface area contributed by atoms with Crippen molar-refractivity contribution < 1.29 is 4.79 Å². The Kier molecular flexibility index (Phi) is 3.82. The summed E-state index contributed by atoms with van der Waals surface area (Å²) in [7, 11) is 0. The van der Waals surface area contributed by atoms with Crippen LogP contribution in [-0.2, 0) is 10.8 Å². The number of hydrogen-bond donors (Lipinski definition) is 1. The molecule has 24 heavy (non-hydrogen) atoms. The first-order valence-electron chi connectivity index (χ1n) is 8.63. The molecule has 0 saturated heterocycles. The van der Waals surface area contributed by atoms with Crippen LogP contribution in [0.25, 0.3) is 0 Å². The molecule has 1 unspecified atom stereocenters. The first-order valence-corrected chi connectivity index (χ1v) is 8.63. The second kappa shape index (κ2) is 5.47. The molecular weight excluding hydrogens is 294 g/mol. The number of carbonyl (C=O) groups excluding carboxylic acids is 1. The minimum absolute atomic E-state index is 0.0223. The monoisotopic (exact) mass is 321 g/mol. The first-order chi connectivity index (χ1) is 11.1. The molecular formula is C22H27NO. The SMILES string of the molecule is CC(C)(C)c1cc(C2NC(=O)c3ccccc32)cc(C(C)(C)C)c1. The van der Waals surface area contributed by atoms with Crippen molar-refractivity contribution in [2.45, 2.75) is 58.4 Å². The fourth-order valence-electron chi connectivity index (χ4n) is 3.19. The van der Waals surface area contributed by atoms with Crippen molar-refractivity contribution in [3.05, 3.63) is 70.3 Å². The van der Waals surface area contributed by atoms with E-state index < -0.39 is 0 Å². The molecule has 2 nitrogen and oxygen atoms in total. The highest BCUT2D eigenvalue weighted by Gasteiger charge is 2.31. The quantitative estimate of drug-likeness (QED) is 0.776. The van der Waals surface area contributed by atoms with Crippen molar-refractivity contribution in [2.24, 2.45) is 0 Å².